The molecule has 44 heavy (non-hydrogen) atoms. The number of fused-ring (bicyclic) bond motifs is 2. The highest BCUT2D eigenvalue weighted by atomic mass is 16.4. The molecule has 3 aromatic rings. The quantitative estimate of drug-likeness (QED) is 0.180. The number of ketones is 1. The van der Waals surface area contributed by atoms with Gasteiger partial charge in [-0.3, -0.25) is 24.0 Å². The average Bonchev–Trinajstić information content (AvgIpc) is 2.97. The Morgan fingerprint density at radius 2 is 1.00 bits per heavy atom. The van der Waals surface area contributed by atoms with Crippen LogP contribution >= 0.6 is 0 Å². The van der Waals surface area contributed by atoms with E-state index in [1.807, 2.05) is 108 Å². The summed E-state index contributed by atoms with van der Waals surface area (Å²) in [7, 11) is 1.60. The van der Waals surface area contributed by atoms with E-state index < -0.39 is 11.9 Å². The smallest absolute Gasteiger partial charge is 0.300 e. The number of hydrogen-bond donors (Lipinski definition) is 4. The van der Waals surface area contributed by atoms with E-state index in [4.69, 9.17) is 19.8 Å². The summed E-state index contributed by atoms with van der Waals surface area (Å²) >= 11 is 0. The number of aliphatic carboxylic acids is 2. The van der Waals surface area contributed by atoms with E-state index in [1.165, 1.54) is 25.0 Å². The third-order valence-corrected chi connectivity index (χ3v) is 5.08. The van der Waals surface area contributed by atoms with Gasteiger partial charge in [0.05, 0.1) is 0 Å². The fourth-order valence-corrected chi connectivity index (χ4v) is 3.16. The zero-order valence-electron chi connectivity index (χ0n) is 28.0. The molecule has 0 unspecified atom stereocenters. The topological polar surface area (TPSA) is 150 Å². The van der Waals surface area contributed by atoms with Crippen LogP contribution in [-0.4, -0.2) is 46.8 Å². The van der Waals surface area contributed by atoms with Crippen LogP contribution in [0.5, 0.6) is 0 Å². The van der Waals surface area contributed by atoms with Gasteiger partial charge in [-0.25, -0.2) is 0 Å². The van der Waals surface area contributed by atoms with Crippen LogP contribution in [0.15, 0.2) is 66.7 Å². The van der Waals surface area contributed by atoms with Crippen LogP contribution in [0.25, 0.3) is 0 Å². The first-order valence-electron chi connectivity index (χ1n) is 14.3. The summed E-state index contributed by atoms with van der Waals surface area (Å²) in [5, 5.41) is 20.0. The van der Waals surface area contributed by atoms with Gasteiger partial charge in [-0.05, 0) is 54.7 Å². The third kappa shape index (κ3) is 21.0. The molecule has 0 radical (unpaired) electrons. The molecule has 0 fully saturated rings. The predicted octanol–water partition coefficient (Wildman–Crippen LogP) is 7.07. The molecule has 0 spiro atoms. The first-order valence-corrected chi connectivity index (χ1v) is 14.3. The van der Waals surface area contributed by atoms with Gasteiger partial charge in [-0.2, -0.15) is 0 Å². The van der Waals surface area contributed by atoms with E-state index in [2.05, 4.69) is 10.6 Å². The lowest BCUT2D eigenvalue weighted by atomic mass is 9.85. The van der Waals surface area contributed by atoms with Gasteiger partial charge in [0.2, 0.25) is 11.8 Å². The van der Waals surface area contributed by atoms with Crippen LogP contribution < -0.4 is 10.6 Å². The van der Waals surface area contributed by atoms with Crippen LogP contribution in [0.4, 0.5) is 5.69 Å². The number of rotatable bonds is 1. The summed E-state index contributed by atoms with van der Waals surface area (Å²) in [6.45, 7) is 17.2. The summed E-state index contributed by atoms with van der Waals surface area (Å²) in [6.07, 6.45) is 0.873. The first kappa shape index (κ1) is 43.7. The molecule has 0 aliphatic heterocycles. The Bertz CT molecular complexity index is 1250. The molecule has 9 nitrogen and oxygen atoms in total. The summed E-state index contributed by atoms with van der Waals surface area (Å²) in [5.74, 6) is -1.53. The molecule has 0 heterocycles. The molecule has 0 bridgehead atoms. The molecule has 9 heteroatoms. The Kier molecular flexibility index (Phi) is 25.7. The molecule has 4 rings (SSSR count). The van der Waals surface area contributed by atoms with E-state index in [0.29, 0.717) is 0 Å². The molecule has 1 aliphatic rings. The van der Waals surface area contributed by atoms with Gasteiger partial charge in [0.1, 0.15) is 0 Å². The maximum atomic E-state index is 12.1. The van der Waals surface area contributed by atoms with E-state index >= 15 is 0 Å². The molecule has 0 saturated heterocycles. The Balaban J connectivity index is -0.000000517. The number of carbonyl (C=O) groups excluding carboxylic acids is 3. The van der Waals surface area contributed by atoms with Crippen molar-refractivity contribution in [2.75, 3.05) is 12.4 Å². The minimum Gasteiger partial charge on any atom is -0.481 e. The van der Waals surface area contributed by atoms with Crippen molar-refractivity contribution < 1.29 is 34.2 Å². The standard InChI is InChI=1S/C14H10O.C10H13NO.C3H7NO.2C2H4O2.2C2H6/c15-14-12-7-3-1-5-10(12)9-11-6-2-4-8-13(11)14;1-7-4-5-10(6-8(7)2)11-9(3)12;1-3(5)4-2;2*1-2(3)4;2*1-2/h1-8H,9H2;4-6H,1-3H3,(H,11,12);1-2H3,(H,4,5);2*1H3,(H,3,4);2*1-2H3. The molecular formula is C35H50N2O7. The van der Waals surface area contributed by atoms with Gasteiger partial charge < -0.3 is 20.8 Å². The van der Waals surface area contributed by atoms with Crippen LogP contribution in [0, 0.1) is 13.8 Å². The Morgan fingerprint density at radius 1 is 0.636 bits per heavy atom. The summed E-state index contributed by atoms with van der Waals surface area (Å²) in [5.41, 5.74) is 7.30. The average molecular weight is 611 g/mol. The number of aryl methyl sites for hydroxylation is 2. The molecule has 3 aromatic carbocycles. The van der Waals surface area contributed by atoms with Gasteiger partial charge >= 0.3 is 0 Å². The summed E-state index contributed by atoms with van der Waals surface area (Å²) < 4.78 is 0. The van der Waals surface area contributed by atoms with Crippen molar-refractivity contribution in [2.45, 2.75) is 75.7 Å². The Morgan fingerprint density at radius 3 is 1.32 bits per heavy atom. The second-order valence-corrected chi connectivity index (χ2v) is 8.64. The number of amides is 2. The normalized spacial score (nSPS) is 9.30. The van der Waals surface area contributed by atoms with Gasteiger partial charge in [0.25, 0.3) is 11.9 Å². The molecule has 0 aromatic heterocycles. The van der Waals surface area contributed by atoms with Crippen molar-refractivity contribution in [2.24, 2.45) is 0 Å². The second-order valence-electron chi connectivity index (χ2n) is 8.64. The van der Waals surface area contributed by atoms with Gasteiger partial charge in [-0.15, -0.1) is 0 Å². The number of anilines is 1. The number of hydrogen-bond acceptors (Lipinski definition) is 5. The highest BCUT2D eigenvalue weighted by Crippen LogP contribution is 2.26. The van der Waals surface area contributed by atoms with Gasteiger partial charge in [0.15, 0.2) is 5.78 Å². The van der Waals surface area contributed by atoms with Crippen molar-refractivity contribution >= 4 is 35.2 Å². The molecular weight excluding hydrogens is 560 g/mol. The first-order chi connectivity index (χ1) is 20.7. The number of benzene rings is 3. The number of nitrogens with one attached hydrogen (secondary N) is 2. The lowest BCUT2D eigenvalue weighted by Gasteiger charge is -2.17. The van der Waals surface area contributed by atoms with E-state index in [-0.39, 0.29) is 17.6 Å². The van der Waals surface area contributed by atoms with Crippen molar-refractivity contribution in [1.29, 1.82) is 0 Å². The Hall–Kier alpha value is -4.79. The zero-order chi connectivity index (χ0) is 34.8. The van der Waals surface area contributed by atoms with Crippen molar-refractivity contribution in [1.82, 2.24) is 5.32 Å². The predicted molar refractivity (Wildman–Crippen MR) is 178 cm³/mol. The minimum atomic E-state index is -0.833. The molecule has 0 saturated carbocycles. The van der Waals surface area contributed by atoms with E-state index in [9.17, 15) is 14.4 Å². The molecule has 1 aliphatic carbocycles. The fourth-order valence-electron chi connectivity index (χ4n) is 3.16. The molecule has 4 N–H and O–H groups in total. The number of carbonyl (C=O) groups is 5. The van der Waals surface area contributed by atoms with Crippen LogP contribution in [0.1, 0.15) is 93.6 Å². The maximum Gasteiger partial charge on any atom is 0.300 e. The lowest BCUT2D eigenvalue weighted by Crippen LogP contribution is -2.14. The third-order valence-electron chi connectivity index (χ3n) is 5.08. The maximum absolute atomic E-state index is 12.1. The van der Waals surface area contributed by atoms with Gasteiger partial charge in [-0.1, -0.05) is 82.3 Å². The zero-order valence-corrected chi connectivity index (χ0v) is 28.0. The summed E-state index contributed by atoms with van der Waals surface area (Å²) in [6, 6.07) is 21.6. The van der Waals surface area contributed by atoms with Crippen LogP contribution in [0.3, 0.4) is 0 Å². The number of carboxylic acid groups (broad SMARTS) is 2. The molecule has 2 amide bonds. The monoisotopic (exact) mass is 610 g/mol. The SMILES string of the molecule is CC.CC.CC(=O)Nc1ccc(C)c(C)c1.CC(=O)O.CC(=O)O.CNC(C)=O.O=C1c2ccccc2Cc2ccccc21. The number of carboxylic acids is 2. The second kappa shape index (κ2) is 25.9. The summed E-state index contributed by atoms with van der Waals surface area (Å²) in [4.78, 5) is 50.5. The van der Waals surface area contributed by atoms with Gasteiger partial charge in [0, 0.05) is 51.6 Å². The highest BCUT2D eigenvalue weighted by molar-refractivity contribution is 6.12. The fraction of sp³-hybridized carbons (Fsp3) is 0.343. The van der Waals surface area contributed by atoms with E-state index in [1.54, 1.807) is 7.05 Å². The van der Waals surface area contributed by atoms with Crippen molar-refractivity contribution in [3.63, 3.8) is 0 Å². The largest absolute Gasteiger partial charge is 0.481 e. The highest BCUT2D eigenvalue weighted by Gasteiger charge is 2.21. The lowest BCUT2D eigenvalue weighted by molar-refractivity contribution is -0.135. The Labute approximate surface area is 262 Å². The van der Waals surface area contributed by atoms with Crippen LogP contribution in [-0.2, 0) is 25.6 Å². The van der Waals surface area contributed by atoms with Crippen LogP contribution in [0.2, 0.25) is 0 Å². The molecule has 242 valence electrons. The van der Waals surface area contributed by atoms with E-state index in [0.717, 1.165) is 48.2 Å². The minimum absolute atomic E-state index is 0.00463. The molecule has 0 atom stereocenters. The van der Waals surface area contributed by atoms with Crippen molar-refractivity contribution in [3.8, 4) is 0 Å². The van der Waals surface area contributed by atoms with Crippen molar-refractivity contribution in [3.05, 3.63) is 100 Å².